The van der Waals surface area contributed by atoms with E-state index in [1.165, 1.54) is 6.07 Å². The molecule has 0 unspecified atom stereocenters. The molecule has 5 heteroatoms. The summed E-state index contributed by atoms with van der Waals surface area (Å²) in [5.41, 5.74) is 8.93. The van der Waals surface area contributed by atoms with Gasteiger partial charge >= 0.3 is 11.9 Å². The molecule has 0 bridgehead atoms. The summed E-state index contributed by atoms with van der Waals surface area (Å²) in [7, 11) is 0. The maximum absolute atomic E-state index is 12.1. The Bertz CT molecular complexity index is 803. The van der Waals surface area contributed by atoms with Gasteiger partial charge in [0.2, 0.25) is 0 Å². The van der Waals surface area contributed by atoms with Gasteiger partial charge in [0.05, 0.1) is 11.1 Å². The van der Waals surface area contributed by atoms with Crippen LogP contribution in [0.25, 0.3) is 11.1 Å². The number of hydrogen-bond acceptors (Lipinski definition) is 4. The van der Waals surface area contributed by atoms with E-state index in [0.717, 1.165) is 16.7 Å². The molecule has 2 aromatic rings. The standard InChI is InChI=1S/C19H21NO4/c1-11-9-12(17(21)22)5-7-14(11)15-8-6-13(10-16(15)20)18(23)24-19(2,3)4/h5-10H,20H2,1-4H3,(H,21,22). The van der Waals surface area contributed by atoms with Crippen molar-refractivity contribution >= 4 is 17.6 Å². The highest BCUT2D eigenvalue weighted by Gasteiger charge is 2.19. The zero-order valence-corrected chi connectivity index (χ0v) is 14.2. The molecule has 2 aromatic carbocycles. The van der Waals surface area contributed by atoms with Crippen LogP contribution in [0.2, 0.25) is 0 Å². The molecule has 3 N–H and O–H groups in total. The molecule has 5 nitrogen and oxygen atoms in total. The van der Waals surface area contributed by atoms with Crippen LogP contribution in [-0.2, 0) is 4.74 Å². The first-order valence-electron chi connectivity index (χ1n) is 7.55. The molecule has 2 rings (SSSR count). The van der Waals surface area contributed by atoms with Crippen molar-refractivity contribution in [1.82, 2.24) is 0 Å². The zero-order chi connectivity index (χ0) is 18.1. The maximum atomic E-state index is 12.1. The second kappa shape index (κ2) is 6.35. The third-order valence-electron chi connectivity index (χ3n) is 3.45. The molecule has 0 saturated heterocycles. The Morgan fingerprint density at radius 3 is 2.08 bits per heavy atom. The van der Waals surface area contributed by atoms with Crippen molar-refractivity contribution in [1.29, 1.82) is 0 Å². The summed E-state index contributed by atoms with van der Waals surface area (Å²) >= 11 is 0. The number of carboxylic acid groups (broad SMARTS) is 1. The summed E-state index contributed by atoms with van der Waals surface area (Å²) in [5, 5.41) is 9.04. The highest BCUT2D eigenvalue weighted by atomic mass is 16.6. The van der Waals surface area contributed by atoms with E-state index in [-0.39, 0.29) is 5.56 Å². The summed E-state index contributed by atoms with van der Waals surface area (Å²) in [4.78, 5) is 23.1. The van der Waals surface area contributed by atoms with Crippen molar-refractivity contribution in [2.75, 3.05) is 5.73 Å². The number of carbonyl (C=O) groups is 2. The number of carbonyl (C=O) groups excluding carboxylic acids is 1. The monoisotopic (exact) mass is 327 g/mol. The van der Waals surface area contributed by atoms with Gasteiger partial charge in [-0.3, -0.25) is 0 Å². The van der Waals surface area contributed by atoms with Gasteiger partial charge in [-0.2, -0.15) is 0 Å². The van der Waals surface area contributed by atoms with Crippen molar-refractivity contribution in [2.24, 2.45) is 0 Å². The predicted molar refractivity (Wildman–Crippen MR) is 93.2 cm³/mol. The number of rotatable bonds is 3. The minimum atomic E-state index is -0.974. The SMILES string of the molecule is Cc1cc(C(=O)O)ccc1-c1ccc(C(=O)OC(C)(C)C)cc1N. The first-order valence-corrected chi connectivity index (χ1v) is 7.55. The number of anilines is 1. The first kappa shape index (κ1) is 17.5. The highest BCUT2D eigenvalue weighted by molar-refractivity contribution is 5.94. The number of benzene rings is 2. The van der Waals surface area contributed by atoms with Gasteiger partial charge in [-0.1, -0.05) is 12.1 Å². The third kappa shape index (κ3) is 3.93. The molecule has 0 aliphatic rings. The fourth-order valence-electron chi connectivity index (χ4n) is 2.37. The fourth-order valence-corrected chi connectivity index (χ4v) is 2.37. The van der Waals surface area contributed by atoms with Gasteiger partial charge in [-0.05, 0) is 63.1 Å². The van der Waals surface area contributed by atoms with Crippen LogP contribution in [0.1, 0.15) is 47.1 Å². The Kier molecular flexibility index (Phi) is 4.64. The van der Waals surface area contributed by atoms with Crippen molar-refractivity contribution in [3.05, 3.63) is 53.1 Å². The van der Waals surface area contributed by atoms with Crippen molar-refractivity contribution in [3.8, 4) is 11.1 Å². The summed E-state index contributed by atoms with van der Waals surface area (Å²) in [6.45, 7) is 7.23. The van der Waals surface area contributed by atoms with E-state index in [1.54, 1.807) is 51.1 Å². The number of esters is 1. The molecule has 126 valence electrons. The summed E-state index contributed by atoms with van der Waals surface area (Å²) in [6, 6.07) is 9.83. The van der Waals surface area contributed by atoms with Crippen LogP contribution in [-0.4, -0.2) is 22.6 Å². The molecule has 0 amide bonds. The van der Waals surface area contributed by atoms with Crippen LogP contribution < -0.4 is 5.73 Å². The van der Waals surface area contributed by atoms with Crippen LogP contribution in [0.3, 0.4) is 0 Å². The lowest BCUT2D eigenvalue weighted by atomic mass is 9.96. The van der Waals surface area contributed by atoms with Gasteiger partial charge in [0.15, 0.2) is 0 Å². The third-order valence-corrected chi connectivity index (χ3v) is 3.45. The largest absolute Gasteiger partial charge is 0.478 e. The minimum absolute atomic E-state index is 0.222. The first-order chi connectivity index (χ1) is 11.1. The van der Waals surface area contributed by atoms with Gasteiger partial charge in [-0.15, -0.1) is 0 Å². The Morgan fingerprint density at radius 1 is 1.00 bits per heavy atom. The van der Waals surface area contributed by atoms with Crippen molar-refractivity contribution in [3.63, 3.8) is 0 Å². The fraction of sp³-hybridized carbons (Fsp3) is 0.263. The van der Waals surface area contributed by atoms with E-state index in [0.29, 0.717) is 11.3 Å². The Labute approximate surface area is 141 Å². The topological polar surface area (TPSA) is 89.6 Å². The average Bonchev–Trinajstić information content (AvgIpc) is 2.45. The summed E-state index contributed by atoms with van der Waals surface area (Å²) in [6.07, 6.45) is 0. The normalized spacial score (nSPS) is 11.2. The molecule has 0 fully saturated rings. The van der Waals surface area contributed by atoms with Crippen LogP contribution in [0.4, 0.5) is 5.69 Å². The van der Waals surface area contributed by atoms with E-state index >= 15 is 0 Å². The Morgan fingerprint density at radius 2 is 1.58 bits per heavy atom. The minimum Gasteiger partial charge on any atom is -0.478 e. The maximum Gasteiger partial charge on any atom is 0.338 e. The molecule has 0 heterocycles. The van der Waals surface area contributed by atoms with E-state index < -0.39 is 17.5 Å². The van der Waals surface area contributed by atoms with Crippen LogP contribution >= 0.6 is 0 Å². The Hall–Kier alpha value is -2.82. The number of aromatic carboxylic acids is 1. The molecule has 24 heavy (non-hydrogen) atoms. The molecule has 0 saturated carbocycles. The van der Waals surface area contributed by atoms with Gasteiger partial charge in [0, 0.05) is 11.3 Å². The predicted octanol–water partition coefficient (Wildman–Crippen LogP) is 3.90. The van der Waals surface area contributed by atoms with Crippen LogP contribution in [0.5, 0.6) is 0 Å². The van der Waals surface area contributed by atoms with E-state index in [4.69, 9.17) is 15.6 Å². The highest BCUT2D eigenvalue weighted by Crippen LogP contribution is 2.30. The summed E-state index contributed by atoms with van der Waals surface area (Å²) in [5.74, 6) is -1.41. The lowest BCUT2D eigenvalue weighted by molar-refractivity contribution is 0.00694. The second-order valence-corrected chi connectivity index (χ2v) is 6.64. The van der Waals surface area contributed by atoms with Crippen molar-refractivity contribution in [2.45, 2.75) is 33.3 Å². The molecule has 0 aromatic heterocycles. The second-order valence-electron chi connectivity index (χ2n) is 6.64. The summed E-state index contributed by atoms with van der Waals surface area (Å²) < 4.78 is 5.33. The number of hydrogen-bond donors (Lipinski definition) is 2. The molecule has 0 radical (unpaired) electrons. The lowest BCUT2D eigenvalue weighted by Crippen LogP contribution is -2.23. The molecule has 0 aliphatic heterocycles. The van der Waals surface area contributed by atoms with Gasteiger partial charge < -0.3 is 15.6 Å². The van der Waals surface area contributed by atoms with E-state index in [1.807, 2.05) is 6.92 Å². The van der Waals surface area contributed by atoms with Crippen LogP contribution in [0, 0.1) is 6.92 Å². The van der Waals surface area contributed by atoms with Gasteiger partial charge in [-0.25, -0.2) is 9.59 Å². The van der Waals surface area contributed by atoms with Crippen molar-refractivity contribution < 1.29 is 19.4 Å². The average molecular weight is 327 g/mol. The van der Waals surface area contributed by atoms with E-state index in [9.17, 15) is 9.59 Å². The number of ether oxygens (including phenoxy) is 1. The number of nitrogens with two attached hydrogens (primary N) is 1. The van der Waals surface area contributed by atoms with Gasteiger partial charge in [0.1, 0.15) is 5.60 Å². The molecular formula is C19H21NO4. The Balaban J connectivity index is 2.37. The molecule has 0 spiro atoms. The molecule has 0 aliphatic carbocycles. The number of aryl methyl sites for hydroxylation is 1. The van der Waals surface area contributed by atoms with E-state index in [2.05, 4.69) is 0 Å². The lowest BCUT2D eigenvalue weighted by Gasteiger charge is -2.20. The van der Waals surface area contributed by atoms with Gasteiger partial charge in [0.25, 0.3) is 0 Å². The number of carboxylic acids is 1. The smallest absolute Gasteiger partial charge is 0.338 e. The number of nitrogen functional groups attached to an aromatic ring is 1. The zero-order valence-electron chi connectivity index (χ0n) is 14.2. The quantitative estimate of drug-likeness (QED) is 0.659. The molecule has 0 atom stereocenters. The molecular weight excluding hydrogens is 306 g/mol. The van der Waals surface area contributed by atoms with Crippen LogP contribution in [0.15, 0.2) is 36.4 Å².